The summed E-state index contributed by atoms with van der Waals surface area (Å²) in [6, 6.07) is 10.5. The van der Waals surface area contributed by atoms with Gasteiger partial charge in [0.15, 0.2) is 0 Å². The fourth-order valence-electron chi connectivity index (χ4n) is 3.99. The number of fused-ring (bicyclic) bond motifs is 1. The molecule has 7 nitrogen and oxygen atoms in total. The summed E-state index contributed by atoms with van der Waals surface area (Å²) >= 11 is 0. The normalized spacial score (nSPS) is 19.4. The van der Waals surface area contributed by atoms with Crippen LogP contribution in [0.5, 0.6) is 5.75 Å². The topological polar surface area (TPSA) is 88.1 Å². The van der Waals surface area contributed by atoms with Crippen molar-refractivity contribution in [3.8, 4) is 5.75 Å². The second kappa shape index (κ2) is 8.81. The zero-order chi connectivity index (χ0) is 21.1. The summed E-state index contributed by atoms with van der Waals surface area (Å²) in [5, 5.41) is 8.88. The quantitative estimate of drug-likeness (QED) is 0.596. The number of hydroxylamine groups is 1. The first-order valence-corrected chi connectivity index (χ1v) is 9.91. The number of carbonyl (C=O) groups excluding carboxylic acids is 2. The summed E-state index contributed by atoms with van der Waals surface area (Å²) in [5.74, 6) is -0.873. The molecule has 0 aromatic heterocycles. The van der Waals surface area contributed by atoms with Crippen molar-refractivity contribution in [1.29, 1.82) is 0 Å². The molecule has 158 valence electrons. The number of halogens is 1. The van der Waals surface area contributed by atoms with Gasteiger partial charge in [-0.05, 0) is 31.0 Å². The Morgan fingerprint density at radius 2 is 1.90 bits per heavy atom. The summed E-state index contributed by atoms with van der Waals surface area (Å²) in [6.45, 7) is 1.33. The first-order valence-electron chi connectivity index (χ1n) is 9.91. The molecule has 2 aromatic rings. The molecule has 4 rings (SSSR count). The smallest absolute Gasteiger partial charge is 0.274 e. The second-order valence-corrected chi connectivity index (χ2v) is 7.46. The van der Waals surface area contributed by atoms with E-state index < -0.39 is 17.8 Å². The maximum Gasteiger partial charge on any atom is 0.274 e. The van der Waals surface area contributed by atoms with Crippen molar-refractivity contribution in [3.63, 3.8) is 0 Å². The maximum absolute atomic E-state index is 14.6. The van der Waals surface area contributed by atoms with Gasteiger partial charge in [0.25, 0.3) is 5.91 Å². The van der Waals surface area contributed by atoms with E-state index in [2.05, 4.69) is 0 Å². The Morgan fingerprint density at radius 3 is 2.63 bits per heavy atom. The van der Waals surface area contributed by atoms with Gasteiger partial charge in [0.05, 0.1) is 12.6 Å². The molecular formula is C22H23FN2O5. The third-order valence-electron chi connectivity index (χ3n) is 5.66. The molecule has 0 radical (unpaired) electrons. The second-order valence-electron chi connectivity index (χ2n) is 7.46. The Labute approximate surface area is 173 Å². The lowest BCUT2D eigenvalue weighted by Crippen LogP contribution is -2.41. The Morgan fingerprint density at radius 1 is 1.13 bits per heavy atom. The molecule has 2 aromatic carbocycles. The predicted octanol–water partition coefficient (Wildman–Crippen LogP) is 2.83. The number of hydrogen-bond acceptors (Lipinski definition) is 5. The highest BCUT2D eigenvalue weighted by Gasteiger charge is 2.35. The van der Waals surface area contributed by atoms with Crippen LogP contribution in [-0.2, 0) is 16.1 Å². The van der Waals surface area contributed by atoms with Gasteiger partial charge in [-0.25, -0.2) is 9.87 Å². The number of benzene rings is 2. The van der Waals surface area contributed by atoms with Gasteiger partial charge in [-0.3, -0.25) is 14.8 Å². The van der Waals surface area contributed by atoms with Crippen molar-refractivity contribution in [2.45, 2.75) is 25.4 Å². The van der Waals surface area contributed by atoms with Gasteiger partial charge in [0.2, 0.25) is 5.91 Å². The molecule has 0 aliphatic carbocycles. The first kappa shape index (κ1) is 20.3. The monoisotopic (exact) mass is 414 g/mol. The number of carbonyl (C=O) groups is 2. The van der Waals surface area contributed by atoms with Crippen LogP contribution < -0.4 is 10.2 Å². The summed E-state index contributed by atoms with van der Waals surface area (Å²) in [5.41, 5.74) is 2.92. The van der Waals surface area contributed by atoms with Gasteiger partial charge in [0, 0.05) is 35.8 Å². The minimum Gasteiger partial charge on any atom is -0.491 e. The Bertz CT molecular complexity index is 945. The average molecular weight is 414 g/mol. The number of rotatable bonds is 3. The molecular weight excluding hydrogens is 391 g/mol. The summed E-state index contributed by atoms with van der Waals surface area (Å²) < 4.78 is 25.9. The van der Waals surface area contributed by atoms with E-state index in [-0.39, 0.29) is 30.5 Å². The third-order valence-corrected chi connectivity index (χ3v) is 5.66. The summed E-state index contributed by atoms with van der Waals surface area (Å²) in [7, 11) is 0. The van der Waals surface area contributed by atoms with Crippen LogP contribution in [-0.4, -0.2) is 41.7 Å². The third kappa shape index (κ3) is 4.01. The van der Waals surface area contributed by atoms with Crippen molar-refractivity contribution in [2.75, 3.05) is 19.8 Å². The molecule has 2 aliphatic heterocycles. The summed E-state index contributed by atoms with van der Waals surface area (Å²) in [4.78, 5) is 26.9. The van der Waals surface area contributed by atoms with Gasteiger partial charge in [-0.15, -0.1) is 0 Å². The van der Waals surface area contributed by atoms with E-state index >= 15 is 0 Å². The van der Waals surface area contributed by atoms with Crippen LogP contribution in [0.4, 0.5) is 4.39 Å². The fourth-order valence-corrected chi connectivity index (χ4v) is 3.99. The fraction of sp³-hybridized carbons (Fsp3) is 0.364. The SMILES string of the molecule is O=C(NO)c1ccc2c(c1)OCC(c1ccccc1F)N(C(=O)C1CCOCC1)C2. The van der Waals surface area contributed by atoms with Crippen molar-refractivity contribution in [1.82, 2.24) is 10.4 Å². The molecule has 1 unspecified atom stereocenters. The lowest BCUT2D eigenvalue weighted by atomic mass is 9.96. The van der Waals surface area contributed by atoms with E-state index in [1.54, 1.807) is 40.7 Å². The van der Waals surface area contributed by atoms with Crippen molar-refractivity contribution in [3.05, 3.63) is 65.0 Å². The minimum atomic E-state index is -0.661. The van der Waals surface area contributed by atoms with E-state index in [0.717, 1.165) is 0 Å². The predicted molar refractivity (Wildman–Crippen MR) is 104 cm³/mol. The molecule has 1 atom stereocenters. The highest BCUT2D eigenvalue weighted by atomic mass is 19.1. The maximum atomic E-state index is 14.6. The molecule has 30 heavy (non-hydrogen) atoms. The first-order chi connectivity index (χ1) is 14.6. The highest BCUT2D eigenvalue weighted by molar-refractivity contribution is 5.93. The van der Waals surface area contributed by atoms with Crippen molar-refractivity contribution < 1.29 is 28.7 Å². The summed E-state index contributed by atoms with van der Waals surface area (Å²) in [6.07, 6.45) is 1.26. The lowest BCUT2D eigenvalue weighted by Gasteiger charge is -2.34. The minimum absolute atomic E-state index is 0.0487. The lowest BCUT2D eigenvalue weighted by molar-refractivity contribution is -0.142. The van der Waals surface area contributed by atoms with E-state index in [4.69, 9.17) is 14.7 Å². The zero-order valence-electron chi connectivity index (χ0n) is 16.3. The average Bonchev–Trinajstić information content (AvgIpc) is 2.98. The molecule has 0 saturated carbocycles. The molecule has 0 spiro atoms. The molecule has 0 bridgehead atoms. The Kier molecular flexibility index (Phi) is 5.96. The van der Waals surface area contributed by atoms with E-state index in [0.29, 0.717) is 42.9 Å². The van der Waals surface area contributed by atoms with Gasteiger partial charge in [-0.2, -0.15) is 0 Å². The number of nitrogens with zero attached hydrogens (tertiary/aromatic N) is 1. The van der Waals surface area contributed by atoms with Crippen LogP contribution in [0, 0.1) is 11.7 Å². The number of ether oxygens (including phenoxy) is 2. The van der Waals surface area contributed by atoms with Gasteiger partial charge in [0.1, 0.15) is 18.2 Å². The molecule has 2 N–H and O–H groups in total. The van der Waals surface area contributed by atoms with Crippen LogP contribution in [0.15, 0.2) is 42.5 Å². The number of hydrogen-bond donors (Lipinski definition) is 2. The largest absolute Gasteiger partial charge is 0.491 e. The molecule has 2 aliphatic rings. The molecule has 1 fully saturated rings. The Balaban J connectivity index is 1.71. The number of nitrogens with one attached hydrogen (secondary N) is 1. The van der Waals surface area contributed by atoms with Crippen LogP contribution in [0.25, 0.3) is 0 Å². The van der Waals surface area contributed by atoms with E-state index in [1.165, 1.54) is 12.1 Å². The van der Waals surface area contributed by atoms with Gasteiger partial charge < -0.3 is 14.4 Å². The molecule has 2 amide bonds. The molecule has 8 heteroatoms. The van der Waals surface area contributed by atoms with Crippen LogP contribution in [0.1, 0.15) is 40.4 Å². The molecule has 1 saturated heterocycles. The van der Waals surface area contributed by atoms with Crippen LogP contribution in [0.2, 0.25) is 0 Å². The van der Waals surface area contributed by atoms with Crippen molar-refractivity contribution in [2.24, 2.45) is 5.92 Å². The molecule has 2 heterocycles. The van der Waals surface area contributed by atoms with Crippen LogP contribution >= 0.6 is 0 Å². The Hall–Kier alpha value is -2.97. The van der Waals surface area contributed by atoms with E-state index in [1.807, 2.05) is 0 Å². The number of amides is 2. The van der Waals surface area contributed by atoms with Crippen molar-refractivity contribution >= 4 is 11.8 Å². The van der Waals surface area contributed by atoms with Gasteiger partial charge >= 0.3 is 0 Å². The zero-order valence-corrected chi connectivity index (χ0v) is 16.3. The standard InChI is InChI=1S/C22H23FN2O5/c23-18-4-2-1-3-17(18)19-13-30-20-11-15(21(26)24-28)5-6-16(20)12-25(19)22(27)14-7-9-29-10-8-14/h1-6,11,14,19,28H,7-10,12-13H2,(H,24,26). The van der Waals surface area contributed by atoms with E-state index in [9.17, 15) is 14.0 Å². The van der Waals surface area contributed by atoms with Gasteiger partial charge in [-0.1, -0.05) is 24.3 Å². The highest BCUT2D eigenvalue weighted by Crippen LogP contribution is 2.35. The van der Waals surface area contributed by atoms with Crippen LogP contribution in [0.3, 0.4) is 0 Å².